The summed E-state index contributed by atoms with van der Waals surface area (Å²) in [4.78, 5) is 4.41. The number of aromatic nitrogens is 2. The number of halogens is 1. The van der Waals surface area contributed by atoms with E-state index >= 15 is 0 Å². The number of hydrogen-bond donors (Lipinski definition) is 1. The maximum Gasteiger partial charge on any atom is 0.211 e. The molecule has 0 aromatic carbocycles. The molecule has 0 aliphatic carbocycles. The lowest BCUT2D eigenvalue weighted by atomic mass is 10.3. The van der Waals surface area contributed by atoms with E-state index in [-0.39, 0.29) is 5.75 Å². The molecule has 0 aliphatic rings. The van der Waals surface area contributed by atoms with E-state index in [0.717, 1.165) is 17.8 Å². The molecule has 0 bridgehead atoms. The first-order valence-corrected chi connectivity index (χ1v) is 8.63. The fourth-order valence-corrected chi connectivity index (χ4v) is 3.27. The summed E-state index contributed by atoms with van der Waals surface area (Å²) in [6.45, 7) is 2.33. The van der Waals surface area contributed by atoms with Crippen molar-refractivity contribution in [1.82, 2.24) is 14.1 Å². The number of unbranched alkanes of at least 4 members (excludes halogenated alkanes) is 1. The second-order valence-electron chi connectivity index (χ2n) is 4.66. The number of sulfonamides is 1. The van der Waals surface area contributed by atoms with Gasteiger partial charge in [-0.25, -0.2) is 18.1 Å². The molecule has 2 heterocycles. The molecule has 0 unspecified atom stereocenters. The molecule has 0 spiro atoms. The van der Waals surface area contributed by atoms with Crippen molar-refractivity contribution in [2.24, 2.45) is 0 Å². The molecule has 2 aromatic heterocycles. The highest BCUT2D eigenvalue weighted by Gasteiger charge is 2.09. The lowest BCUT2D eigenvalue weighted by Gasteiger charge is -2.04. The summed E-state index contributed by atoms with van der Waals surface area (Å²) >= 11 is 5.90. The zero-order valence-corrected chi connectivity index (χ0v) is 12.9. The van der Waals surface area contributed by atoms with Crippen LogP contribution in [0.5, 0.6) is 0 Å². The molecule has 2 aromatic rings. The largest absolute Gasteiger partial charge is 0.305 e. The molecule has 0 radical (unpaired) electrons. The van der Waals surface area contributed by atoms with Gasteiger partial charge in [0.2, 0.25) is 10.0 Å². The molecule has 0 saturated carbocycles. The molecule has 0 atom stereocenters. The monoisotopic (exact) mass is 315 g/mol. The van der Waals surface area contributed by atoms with Gasteiger partial charge in [0.05, 0.1) is 16.5 Å². The van der Waals surface area contributed by atoms with Gasteiger partial charge >= 0.3 is 0 Å². The van der Waals surface area contributed by atoms with Crippen molar-refractivity contribution in [3.63, 3.8) is 0 Å². The van der Waals surface area contributed by atoms with E-state index in [1.807, 2.05) is 23.6 Å². The number of nitrogens with one attached hydrogen (secondary N) is 1. The molecule has 110 valence electrons. The third kappa shape index (κ3) is 4.19. The Morgan fingerprint density at radius 1 is 1.35 bits per heavy atom. The predicted octanol–water partition coefficient (Wildman–Crippen LogP) is 2.25. The maximum absolute atomic E-state index is 11.6. The molecule has 0 saturated heterocycles. The molecule has 2 rings (SSSR count). The lowest BCUT2D eigenvalue weighted by Crippen LogP contribution is -2.28. The quantitative estimate of drug-likeness (QED) is 0.852. The van der Waals surface area contributed by atoms with Crippen molar-refractivity contribution in [3.05, 3.63) is 35.2 Å². The zero-order valence-electron chi connectivity index (χ0n) is 11.3. The fraction of sp³-hybridized carbons (Fsp3) is 0.462. The van der Waals surface area contributed by atoms with Crippen LogP contribution in [-0.4, -0.2) is 30.1 Å². The van der Waals surface area contributed by atoms with Crippen LogP contribution in [0, 0.1) is 0 Å². The van der Waals surface area contributed by atoms with Crippen molar-refractivity contribution in [2.75, 3.05) is 12.3 Å². The highest BCUT2D eigenvalue weighted by atomic mass is 35.5. The van der Waals surface area contributed by atoms with Crippen molar-refractivity contribution < 1.29 is 8.42 Å². The SMILES string of the molecule is CCCCS(=O)(=O)NCCc1cn2cc(Cl)ccc2n1. The summed E-state index contributed by atoms with van der Waals surface area (Å²) in [6.07, 6.45) is 5.75. The first-order chi connectivity index (χ1) is 9.50. The summed E-state index contributed by atoms with van der Waals surface area (Å²) in [6, 6.07) is 3.61. The fourth-order valence-electron chi connectivity index (χ4n) is 1.88. The first kappa shape index (κ1) is 15.3. The molecule has 0 fully saturated rings. The van der Waals surface area contributed by atoms with Crippen LogP contribution < -0.4 is 4.72 Å². The van der Waals surface area contributed by atoms with Gasteiger partial charge in [0, 0.05) is 25.4 Å². The van der Waals surface area contributed by atoms with E-state index < -0.39 is 10.0 Å². The summed E-state index contributed by atoms with van der Waals surface area (Å²) < 4.78 is 27.7. The van der Waals surface area contributed by atoms with Gasteiger partial charge in [-0.15, -0.1) is 0 Å². The van der Waals surface area contributed by atoms with Crippen molar-refractivity contribution in [1.29, 1.82) is 0 Å². The Morgan fingerprint density at radius 3 is 2.90 bits per heavy atom. The average Bonchev–Trinajstić information content (AvgIpc) is 2.78. The summed E-state index contributed by atoms with van der Waals surface area (Å²) in [7, 11) is -3.16. The van der Waals surface area contributed by atoms with Crippen LogP contribution >= 0.6 is 11.6 Å². The van der Waals surface area contributed by atoms with E-state index in [4.69, 9.17) is 11.6 Å². The molecule has 0 amide bonds. The van der Waals surface area contributed by atoms with Gasteiger partial charge in [-0.05, 0) is 18.6 Å². The molecule has 7 heteroatoms. The molecular weight excluding hydrogens is 298 g/mol. The standard InChI is InChI=1S/C13H18ClN3O2S/c1-2-3-8-20(18,19)15-7-6-12-10-17-9-11(14)4-5-13(17)16-12/h4-5,9-10,15H,2-3,6-8H2,1H3. The highest BCUT2D eigenvalue weighted by Crippen LogP contribution is 2.11. The maximum atomic E-state index is 11.6. The first-order valence-electron chi connectivity index (χ1n) is 6.60. The minimum Gasteiger partial charge on any atom is -0.305 e. The normalized spacial score (nSPS) is 12.1. The Labute approximate surface area is 124 Å². The smallest absolute Gasteiger partial charge is 0.211 e. The minimum absolute atomic E-state index is 0.185. The zero-order chi connectivity index (χ0) is 14.6. The lowest BCUT2D eigenvalue weighted by molar-refractivity contribution is 0.578. The Hall–Kier alpha value is -1.11. The Bertz CT molecular complexity index is 682. The number of fused-ring (bicyclic) bond motifs is 1. The van der Waals surface area contributed by atoms with Crippen LogP contribution in [0.25, 0.3) is 5.65 Å². The van der Waals surface area contributed by atoms with E-state index in [9.17, 15) is 8.42 Å². The Morgan fingerprint density at radius 2 is 2.15 bits per heavy atom. The second-order valence-corrected chi connectivity index (χ2v) is 7.02. The van der Waals surface area contributed by atoms with Gasteiger partial charge in [0.15, 0.2) is 0 Å². The second kappa shape index (κ2) is 6.56. The summed E-state index contributed by atoms with van der Waals surface area (Å²) in [5, 5.41) is 0.640. The Kier molecular flexibility index (Phi) is 5.01. The summed E-state index contributed by atoms with van der Waals surface area (Å²) in [5.41, 5.74) is 1.64. The minimum atomic E-state index is -3.16. The molecule has 0 aliphatic heterocycles. The van der Waals surface area contributed by atoms with E-state index in [2.05, 4.69) is 9.71 Å². The van der Waals surface area contributed by atoms with Crippen molar-refractivity contribution in [3.8, 4) is 0 Å². The number of pyridine rings is 1. The van der Waals surface area contributed by atoms with Gasteiger partial charge in [-0.2, -0.15) is 0 Å². The van der Waals surface area contributed by atoms with Gasteiger partial charge in [-0.3, -0.25) is 0 Å². The van der Waals surface area contributed by atoms with E-state index in [1.54, 1.807) is 12.3 Å². The number of hydrogen-bond acceptors (Lipinski definition) is 3. The van der Waals surface area contributed by atoms with Gasteiger partial charge in [0.1, 0.15) is 5.65 Å². The van der Waals surface area contributed by atoms with Crippen LogP contribution in [0.2, 0.25) is 5.02 Å². The van der Waals surface area contributed by atoms with Gasteiger partial charge in [0.25, 0.3) is 0 Å². The van der Waals surface area contributed by atoms with Crippen LogP contribution in [0.1, 0.15) is 25.5 Å². The van der Waals surface area contributed by atoms with Crippen LogP contribution in [0.15, 0.2) is 24.5 Å². The number of imidazole rings is 1. The molecule has 5 nitrogen and oxygen atoms in total. The topological polar surface area (TPSA) is 63.5 Å². The van der Waals surface area contributed by atoms with Gasteiger partial charge in [-0.1, -0.05) is 24.9 Å². The number of nitrogens with zero attached hydrogens (tertiary/aromatic N) is 2. The molecule has 1 N–H and O–H groups in total. The van der Waals surface area contributed by atoms with Crippen LogP contribution in [-0.2, 0) is 16.4 Å². The van der Waals surface area contributed by atoms with E-state index in [1.165, 1.54) is 0 Å². The summed E-state index contributed by atoms with van der Waals surface area (Å²) in [5.74, 6) is 0.185. The molecule has 20 heavy (non-hydrogen) atoms. The van der Waals surface area contributed by atoms with Crippen molar-refractivity contribution >= 4 is 27.3 Å². The highest BCUT2D eigenvalue weighted by molar-refractivity contribution is 7.89. The van der Waals surface area contributed by atoms with Crippen LogP contribution in [0.3, 0.4) is 0 Å². The third-order valence-electron chi connectivity index (χ3n) is 2.93. The van der Waals surface area contributed by atoms with Gasteiger partial charge < -0.3 is 4.40 Å². The number of rotatable bonds is 7. The van der Waals surface area contributed by atoms with E-state index in [0.29, 0.717) is 24.4 Å². The average molecular weight is 316 g/mol. The van der Waals surface area contributed by atoms with Crippen molar-refractivity contribution in [2.45, 2.75) is 26.2 Å². The molecular formula is C13H18ClN3O2S. The van der Waals surface area contributed by atoms with Crippen LogP contribution in [0.4, 0.5) is 0 Å². The Balaban J connectivity index is 1.93. The predicted molar refractivity (Wildman–Crippen MR) is 80.6 cm³/mol. The third-order valence-corrected chi connectivity index (χ3v) is 4.63.